The second-order valence-electron chi connectivity index (χ2n) is 11.4. The van der Waals surface area contributed by atoms with Crippen LogP contribution < -0.4 is 20.7 Å². The molecule has 2 aliphatic rings. The molecule has 5 heterocycles. The first-order chi connectivity index (χ1) is 21.8. The molecular formula is C31H33N11O3. The molecule has 1 aliphatic heterocycles. The van der Waals surface area contributed by atoms with Gasteiger partial charge in [-0.3, -0.25) is 14.3 Å². The van der Waals surface area contributed by atoms with Gasteiger partial charge in [-0.25, -0.2) is 15.0 Å². The molecule has 4 aromatic heterocycles. The van der Waals surface area contributed by atoms with Crippen LogP contribution in [0.4, 0.5) is 23.4 Å². The number of rotatable bonds is 10. The lowest BCUT2D eigenvalue weighted by Gasteiger charge is -2.17. The number of anilines is 4. The number of hydrogen-bond acceptors (Lipinski definition) is 10. The van der Waals surface area contributed by atoms with E-state index in [4.69, 9.17) is 9.72 Å². The van der Waals surface area contributed by atoms with Crippen LogP contribution in [0.25, 0.3) is 22.2 Å². The fourth-order valence-electron chi connectivity index (χ4n) is 5.34. The molecule has 5 aromatic rings. The largest absolute Gasteiger partial charge is 0.464 e. The SMILES string of the molecule is Cc1cnc(Nc2cc(C)n(C)n2)nc1-c1c[nH]c2c(NC(=O)CN3CC[C@H](Oc4ccnc(NC5CC5)n4)C3=O)cccc12. The number of nitrogens with one attached hydrogen (secondary N) is 4. The van der Waals surface area contributed by atoms with Gasteiger partial charge >= 0.3 is 0 Å². The molecule has 7 rings (SSSR count). The molecule has 14 nitrogen and oxygen atoms in total. The fourth-order valence-corrected chi connectivity index (χ4v) is 5.34. The van der Waals surface area contributed by atoms with E-state index in [0.29, 0.717) is 48.3 Å². The van der Waals surface area contributed by atoms with Crippen LogP contribution in [-0.2, 0) is 16.6 Å². The van der Waals surface area contributed by atoms with Gasteiger partial charge in [-0.2, -0.15) is 10.1 Å². The number of likely N-dealkylation sites (tertiary alicyclic amines) is 1. The summed E-state index contributed by atoms with van der Waals surface area (Å²) in [7, 11) is 1.88. The van der Waals surface area contributed by atoms with Crippen LogP contribution >= 0.6 is 0 Å². The van der Waals surface area contributed by atoms with Crippen molar-refractivity contribution in [3.05, 3.63) is 60.2 Å². The van der Waals surface area contributed by atoms with Gasteiger partial charge in [0.1, 0.15) is 0 Å². The van der Waals surface area contributed by atoms with Gasteiger partial charge in [0.25, 0.3) is 5.91 Å². The smallest absolute Gasteiger partial charge is 0.264 e. The highest BCUT2D eigenvalue weighted by atomic mass is 16.5. The van der Waals surface area contributed by atoms with Crippen LogP contribution in [0.15, 0.2) is 48.9 Å². The summed E-state index contributed by atoms with van der Waals surface area (Å²) in [4.78, 5) is 48.8. The molecule has 1 saturated carbocycles. The first-order valence-corrected chi connectivity index (χ1v) is 14.9. The molecule has 1 atom stereocenters. The van der Waals surface area contributed by atoms with Crippen molar-refractivity contribution in [2.75, 3.05) is 29.0 Å². The maximum atomic E-state index is 13.1. The summed E-state index contributed by atoms with van der Waals surface area (Å²) in [6.45, 7) is 4.25. The Balaban J connectivity index is 1.02. The number of H-pyrrole nitrogens is 1. The molecule has 0 bridgehead atoms. The molecule has 1 aliphatic carbocycles. The second kappa shape index (κ2) is 11.5. The molecule has 1 saturated heterocycles. The van der Waals surface area contributed by atoms with E-state index in [1.807, 2.05) is 51.4 Å². The van der Waals surface area contributed by atoms with E-state index in [1.165, 1.54) is 4.90 Å². The van der Waals surface area contributed by atoms with Gasteiger partial charge in [0.2, 0.25) is 23.7 Å². The van der Waals surface area contributed by atoms with Gasteiger partial charge in [-0.05, 0) is 38.3 Å². The highest BCUT2D eigenvalue weighted by Gasteiger charge is 2.35. The van der Waals surface area contributed by atoms with E-state index >= 15 is 0 Å². The predicted octanol–water partition coefficient (Wildman–Crippen LogP) is 3.70. The van der Waals surface area contributed by atoms with Crippen LogP contribution in [0.2, 0.25) is 0 Å². The van der Waals surface area contributed by atoms with E-state index < -0.39 is 6.10 Å². The number of fused-ring (bicyclic) bond motifs is 1. The van der Waals surface area contributed by atoms with E-state index in [-0.39, 0.29) is 18.4 Å². The van der Waals surface area contributed by atoms with Gasteiger partial charge in [0.05, 0.1) is 23.4 Å². The minimum atomic E-state index is -0.701. The standard InChI is InChI=1S/C31H33N11O3/c1-17-14-34-31(37-24-13-18(2)41(3)40-24)39-27(17)21-15-33-28-20(21)5-4-6-22(28)36-25(43)16-42-12-10-23(29(42)44)45-26-9-11-32-30(38-26)35-19-7-8-19/h4-6,9,11,13-15,19,23,33H,7-8,10,12,16H2,1-3H3,(H,36,43)(H,32,35,38)(H,34,37,39,40)/t23-/m0/s1. The normalized spacial score (nSPS) is 16.3. The number of para-hydroxylation sites is 1. The molecule has 1 aromatic carbocycles. The van der Waals surface area contributed by atoms with Crippen molar-refractivity contribution in [3.8, 4) is 17.1 Å². The van der Waals surface area contributed by atoms with Crippen LogP contribution in [0, 0.1) is 13.8 Å². The highest BCUT2D eigenvalue weighted by molar-refractivity contribution is 6.06. The lowest BCUT2D eigenvalue weighted by atomic mass is 10.1. The molecule has 4 N–H and O–H groups in total. The minimum Gasteiger partial charge on any atom is -0.464 e. The zero-order valence-corrected chi connectivity index (χ0v) is 25.2. The van der Waals surface area contributed by atoms with Gasteiger partial charge in [0, 0.05) is 73.4 Å². The first kappa shape index (κ1) is 28.3. The number of amides is 2. The fraction of sp³-hybridized carbons (Fsp3) is 0.323. The van der Waals surface area contributed by atoms with E-state index in [2.05, 4.69) is 41.0 Å². The zero-order chi connectivity index (χ0) is 31.1. The predicted molar refractivity (Wildman–Crippen MR) is 168 cm³/mol. The number of carbonyl (C=O) groups is 2. The van der Waals surface area contributed by atoms with Gasteiger partial charge in [-0.1, -0.05) is 12.1 Å². The van der Waals surface area contributed by atoms with Crippen LogP contribution in [0.5, 0.6) is 5.88 Å². The summed E-state index contributed by atoms with van der Waals surface area (Å²) in [5.74, 6) is 1.37. The summed E-state index contributed by atoms with van der Waals surface area (Å²) in [6.07, 6.45) is 7.20. The monoisotopic (exact) mass is 607 g/mol. The van der Waals surface area contributed by atoms with Crippen molar-refractivity contribution in [2.24, 2.45) is 7.05 Å². The molecule has 0 unspecified atom stereocenters. The number of aromatic amines is 1. The summed E-state index contributed by atoms with van der Waals surface area (Å²) >= 11 is 0. The number of benzene rings is 1. The second-order valence-corrected chi connectivity index (χ2v) is 11.4. The van der Waals surface area contributed by atoms with Gasteiger partial charge in [-0.15, -0.1) is 0 Å². The van der Waals surface area contributed by atoms with Crippen molar-refractivity contribution < 1.29 is 14.3 Å². The van der Waals surface area contributed by atoms with Crippen molar-refractivity contribution in [3.63, 3.8) is 0 Å². The van der Waals surface area contributed by atoms with Crippen molar-refractivity contribution >= 4 is 46.1 Å². The lowest BCUT2D eigenvalue weighted by molar-refractivity contribution is -0.136. The van der Waals surface area contributed by atoms with E-state index in [9.17, 15) is 9.59 Å². The molecule has 0 radical (unpaired) electrons. The quantitative estimate of drug-likeness (QED) is 0.184. The third-order valence-corrected chi connectivity index (χ3v) is 7.96. The Bertz CT molecular complexity index is 1890. The van der Waals surface area contributed by atoms with Crippen molar-refractivity contribution in [2.45, 2.75) is 45.3 Å². The number of hydrogen-bond donors (Lipinski definition) is 4. The third kappa shape index (κ3) is 5.98. The first-order valence-electron chi connectivity index (χ1n) is 14.9. The highest BCUT2D eigenvalue weighted by Crippen LogP contribution is 2.33. The molecule has 14 heteroatoms. The lowest BCUT2D eigenvalue weighted by Crippen LogP contribution is -2.38. The Kier molecular flexibility index (Phi) is 7.23. The van der Waals surface area contributed by atoms with Crippen LogP contribution in [0.3, 0.4) is 0 Å². The Morgan fingerprint density at radius 2 is 1.98 bits per heavy atom. The number of nitrogens with zero attached hydrogens (tertiary/aromatic N) is 7. The molecule has 0 spiro atoms. The van der Waals surface area contributed by atoms with Crippen LogP contribution in [-0.4, -0.2) is 76.6 Å². The molecule has 2 fully saturated rings. The maximum Gasteiger partial charge on any atom is 0.264 e. The number of carbonyl (C=O) groups excluding carboxylic acids is 2. The van der Waals surface area contributed by atoms with Crippen molar-refractivity contribution in [1.82, 2.24) is 39.6 Å². The number of aryl methyl sites for hydroxylation is 3. The number of ether oxygens (including phenoxy) is 1. The molecular weight excluding hydrogens is 574 g/mol. The summed E-state index contributed by atoms with van der Waals surface area (Å²) in [6, 6.07) is 9.63. The maximum absolute atomic E-state index is 13.1. The Morgan fingerprint density at radius 3 is 2.78 bits per heavy atom. The Labute approximate surface area is 258 Å². The topological polar surface area (TPSA) is 168 Å². The minimum absolute atomic E-state index is 0.0893. The summed E-state index contributed by atoms with van der Waals surface area (Å²) in [5.41, 5.74) is 4.89. The van der Waals surface area contributed by atoms with Gasteiger partial charge < -0.3 is 30.6 Å². The van der Waals surface area contributed by atoms with Crippen LogP contribution in [0.1, 0.15) is 30.5 Å². The molecule has 45 heavy (non-hydrogen) atoms. The molecule has 230 valence electrons. The van der Waals surface area contributed by atoms with E-state index in [1.54, 1.807) is 23.1 Å². The zero-order valence-electron chi connectivity index (χ0n) is 25.2. The van der Waals surface area contributed by atoms with Crippen molar-refractivity contribution in [1.29, 1.82) is 0 Å². The molecule has 2 amide bonds. The summed E-state index contributed by atoms with van der Waals surface area (Å²) in [5, 5.41) is 14.7. The summed E-state index contributed by atoms with van der Waals surface area (Å²) < 4.78 is 7.66. The number of aromatic nitrogens is 7. The van der Waals surface area contributed by atoms with Gasteiger partial charge in [0.15, 0.2) is 11.9 Å². The Hall–Kier alpha value is -5.53. The van der Waals surface area contributed by atoms with E-state index in [0.717, 1.165) is 46.3 Å². The Morgan fingerprint density at radius 1 is 1.11 bits per heavy atom. The third-order valence-electron chi connectivity index (χ3n) is 7.96. The average Bonchev–Trinajstić information content (AvgIpc) is 3.49. The average molecular weight is 608 g/mol.